The summed E-state index contributed by atoms with van der Waals surface area (Å²) in [4.78, 5) is 8.62. The van der Waals surface area contributed by atoms with Crippen LogP contribution in [-0.4, -0.2) is 56.2 Å². The third-order valence-electron chi connectivity index (χ3n) is 5.29. The third-order valence-corrected chi connectivity index (χ3v) is 5.29. The first-order valence-corrected chi connectivity index (χ1v) is 9.18. The van der Waals surface area contributed by atoms with Crippen molar-refractivity contribution in [1.82, 2.24) is 10.6 Å². The van der Waals surface area contributed by atoms with E-state index in [1.54, 1.807) is 0 Å². The van der Waals surface area contributed by atoms with E-state index in [4.69, 9.17) is 5.73 Å². The third kappa shape index (κ3) is 8.36. The molecule has 4 N–H and O–H groups in total. The molecule has 5 heteroatoms. The number of aliphatic imine (C=N–C) groups is 2. The summed E-state index contributed by atoms with van der Waals surface area (Å²) in [5.41, 5.74) is 7.99. The average molecular weight is 340 g/mol. The Hall–Kier alpha value is -0.780. The predicted molar refractivity (Wildman–Crippen MR) is 109 cm³/mol. The minimum Gasteiger partial charge on any atom is -0.330 e. The Bertz CT molecular complexity index is 374. The molecule has 142 valence electrons. The van der Waals surface area contributed by atoms with Crippen LogP contribution in [0.3, 0.4) is 0 Å². The van der Waals surface area contributed by atoms with E-state index in [9.17, 15) is 0 Å². The molecule has 0 radical (unpaired) electrons. The van der Waals surface area contributed by atoms with Crippen molar-refractivity contribution < 1.29 is 0 Å². The Morgan fingerprint density at radius 2 is 1.21 bits per heavy atom. The molecule has 5 nitrogen and oxygen atoms in total. The lowest BCUT2D eigenvalue weighted by molar-refractivity contribution is 0.368. The number of rotatable bonds is 12. The van der Waals surface area contributed by atoms with E-state index >= 15 is 0 Å². The van der Waals surface area contributed by atoms with E-state index < -0.39 is 0 Å². The van der Waals surface area contributed by atoms with Gasteiger partial charge in [-0.2, -0.15) is 0 Å². The highest BCUT2D eigenvalue weighted by Crippen LogP contribution is 2.14. The van der Waals surface area contributed by atoms with Crippen molar-refractivity contribution in [3.05, 3.63) is 0 Å². The zero-order valence-electron chi connectivity index (χ0n) is 17.3. The zero-order valence-corrected chi connectivity index (χ0v) is 17.3. The molecule has 0 bridgehead atoms. The second kappa shape index (κ2) is 11.0. The summed E-state index contributed by atoms with van der Waals surface area (Å²) in [7, 11) is 3.70. The van der Waals surface area contributed by atoms with Crippen molar-refractivity contribution in [2.24, 2.45) is 21.6 Å². The van der Waals surface area contributed by atoms with E-state index in [2.05, 4.69) is 62.2 Å². The lowest BCUT2D eigenvalue weighted by Crippen LogP contribution is -2.47. The van der Waals surface area contributed by atoms with Gasteiger partial charge in [0.25, 0.3) is 0 Å². The first-order valence-electron chi connectivity index (χ1n) is 9.18. The van der Waals surface area contributed by atoms with Gasteiger partial charge in [0.15, 0.2) is 0 Å². The van der Waals surface area contributed by atoms with Crippen LogP contribution in [0.15, 0.2) is 9.98 Å². The van der Waals surface area contributed by atoms with Crippen LogP contribution in [0.2, 0.25) is 0 Å². The first kappa shape index (κ1) is 23.2. The second-order valence-corrected chi connectivity index (χ2v) is 7.74. The summed E-state index contributed by atoms with van der Waals surface area (Å²) in [5, 5.41) is 7.24. The summed E-state index contributed by atoms with van der Waals surface area (Å²) in [6.07, 6.45) is 3.35. The Balaban J connectivity index is 4.37. The highest BCUT2D eigenvalue weighted by Gasteiger charge is 2.22. The van der Waals surface area contributed by atoms with Gasteiger partial charge in [0.2, 0.25) is 0 Å². The molecule has 0 aliphatic heterocycles. The van der Waals surface area contributed by atoms with Crippen molar-refractivity contribution >= 4 is 11.4 Å². The van der Waals surface area contributed by atoms with Gasteiger partial charge in [0.1, 0.15) is 0 Å². The number of hydrogen-bond acceptors (Lipinski definition) is 5. The van der Waals surface area contributed by atoms with Gasteiger partial charge in [0.05, 0.1) is 11.1 Å². The van der Waals surface area contributed by atoms with Crippen molar-refractivity contribution in [1.29, 1.82) is 0 Å². The lowest BCUT2D eigenvalue weighted by Gasteiger charge is -2.29. The SMILES string of the molecule is C/N=C(\C)C(C)(C)NCCC(CCN)CCNC(C)(C)/C(C)=N/C. The van der Waals surface area contributed by atoms with Gasteiger partial charge in [-0.25, -0.2) is 0 Å². The Labute approximate surface area is 150 Å². The molecule has 0 amide bonds. The van der Waals surface area contributed by atoms with Gasteiger partial charge >= 0.3 is 0 Å². The summed E-state index contributed by atoms with van der Waals surface area (Å²) in [6.45, 7) is 15.6. The Morgan fingerprint density at radius 3 is 1.50 bits per heavy atom. The molecule has 0 heterocycles. The van der Waals surface area contributed by atoms with Crippen LogP contribution >= 0.6 is 0 Å². The molecule has 0 atom stereocenters. The summed E-state index contributed by atoms with van der Waals surface area (Å²) >= 11 is 0. The van der Waals surface area contributed by atoms with Gasteiger partial charge in [0, 0.05) is 25.5 Å². The van der Waals surface area contributed by atoms with Crippen LogP contribution in [0, 0.1) is 5.92 Å². The maximum Gasteiger partial charge on any atom is 0.0504 e. The molecule has 0 spiro atoms. The molecule has 0 aromatic rings. The van der Waals surface area contributed by atoms with Crippen molar-refractivity contribution in [3.63, 3.8) is 0 Å². The largest absolute Gasteiger partial charge is 0.330 e. The molecule has 0 aromatic heterocycles. The fraction of sp³-hybridized carbons (Fsp3) is 0.895. The van der Waals surface area contributed by atoms with E-state index in [-0.39, 0.29) is 11.1 Å². The molecule has 0 saturated carbocycles. The molecular weight excluding hydrogens is 298 g/mol. The van der Waals surface area contributed by atoms with Crippen LogP contribution < -0.4 is 16.4 Å². The van der Waals surface area contributed by atoms with E-state index in [0.717, 1.165) is 50.3 Å². The molecule has 24 heavy (non-hydrogen) atoms. The van der Waals surface area contributed by atoms with Gasteiger partial charge in [-0.15, -0.1) is 0 Å². The van der Waals surface area contributed by atoms with E-state index in [1.165, 1.54) is 0 Å². The van der Waals surface area contributed by atoms with Crippen LogP contribution in [0.25, 0.3) is 0 Å². The molecule has 0 unspecified atom stereocenters. The highest BCUT2D eigenvalue weighted by atomic mass is 15.0. The lowest BCUT2D eigenvalue weighted by atomic mass is 9.94. The fourth-order valence-corrected chi connectivity index (χ4v) is 2.66. The normalized spacial score (nSPS) is 15.7. The molecule has 0 aromatic carbocycles. The number of nitrogens with zero attached hydrogens (tertiary/aromatic N) is 2. The minimum absolute atomic E-state index is 0.0447. The molecule has 0 saturated heterocycles. The molecule has 0 fully saturated rings. The maximum absolute atomic E-state index is 5.80. The van der Waals surface area contributed by atoms with Crippen LogP contribution in [0.4, 0.5) is 0 Å². The van der Waals surface area contributed by atoms with Crippen LogP contribution in [0.5, 0.6) is 0 Å². The Kier molecular flexibility index (Phi) is 10.6. The van der Waals surface area contributed by atoms with Gasteiger partial charge in [-0.1, -0.05) is 0 Å². The van der Waals surface area contributed by atoms with Crippen LogP contribution in [-0.2, 0) is 0 Å². The standard InChI is InChI=1S/C19H41N5/c1-15(21-7)18(3,4)23-13-10-17(9-12-20)11-14-24-19(5,6)16(2)22-8/h17,23-24H,9-14,20H2,1-8H3/b21-15+,22-16+. The maximum atomic E-state index is 5.80. The number of hydrogen-bond donors (Lipinski definition) is 3. The molecule has 0 rings (SSSR count). The smallest absolute Gasteiger partial charge is 0.0504 e. The van der Waals surface area contributed by atoms with Gasteiger partial charge in [-0.05, 0) is 86.4 Å². The summed E-state index contributed by atoms with van der Waals surface area (Å²) in [6, 6.07) is 0. The quantitative estimate of drug-likeness (QED) is 0.479. The molecular formula is C19H41N5. The number of nitrogens with one attached hydrogen (secondary N) is 2. The highest BCUT2D eigenvalue weighted by molar-refractivity contribution is 5.90. The van der Waals surface area contributed by atoms with Crippen molar-refractivity contribution in [3.8, 4) is 0 Å². The Morgan fingerprint density at radius 1 is 0.833 bits per heavy atom. The summed E-state index contributed by atoms with van der Waals surface area (Å²) < 4.78 is 0. The van der Waals surface area contributed by atoms with Crippen LogP contribution in [0.1, 0.15) is 60.8 Å². The van der Waals surface area contributed by atoms with E-state index in [0.29, 0.717) is 5.92 Å². The van der Waals surface area contributed by atoms with Crippen molar-refractivity contribution in [2.45, 2.75) is 71.9 Å². The number of nitrogens with two attached hydrogens (primary N) is 1. The molecule has 0 aliphatic carbocycles. The predicted octanol–water partition coefficient (Wildman–Crippen LogP) is 2.65. The fourth-order valence-electron chi connectivity index (χ4n) is 2.66. The first-order chi connectivity index (χ1) is 11.1. The van der Waals surface area contributed by atoms with Gasteiger partial charge in [-0.3, -0.25) is 9.98 Å². The van der Waals surface area contributed by atoms with E-state index in [1.807, 2.05) is 14.1 Å². The van der Waals surface area contributed by atoms with Crippen molar-refractivity contribution in [2.75, 3.05) is 33.7 Å². The second-order valence-electron chi connectivity index (χ2n) is 7.74. The average Bonchev–Trinajstić information content (AvgIpc) is 2.52. The zero-order chi connectivity index (χ0) is 18.8. The minimum atomic E-state index is -0.0447. The monoisotopic (exact) mass is 339 g/mol. The molecule has 0 aliphatic rings. The topological polar surface area (TPSA) is 74.8 Å². The van der Waals surface area contributed by atoms with Gasteiger partial charge < -0.3 is 16.4 Å². The summed E-state index contributed by atoms with van der Waals surface area (Å²) in [5.74, 6) is 0.638.